The maximum atomic E-state index is 11.9. The molecule has 1 saturated heterocycles. The Kier molecular flexibility index (Phi) is 6.89. The van der Waals surface area contributed by atoms with Gasteiger partial charge < -0.3 is 14.6 Å². The molecule has 176 valence electrons. The molecule has 0 radical (unpaired) electrons. The molecule has 1 aliphatic rings. The highest BCUT2D eigenvalue weighted by Gasteiger charge is 2.27. The number of aliphatic hydroxyl groups is 1. The standard InChI is InChI=1S/C23H28N4O5S/c1-15(2)22(28)17-6-4-16(5-7-17)19-12-20-21(25-9-8-24-20)23(26-19)32-14-18-13-27(10-11-31-18)33(3,29)30/h4-9,12,15,18,22,28H,10-11,13-14H2,1-3H3/t18-,22?/m0/s1. The van der Waals surface area contributed by atoms with Gasteiger partial charge in [0, 0.05) is 31.0 Å². The molecule has 1 aromatic carbocycles. The van der Waals surface area contributed by atoms with Crippen LogP contribution in [0.2, 0.25) is 0 Å². The third-order valence-corrected chi connectivity index (χ3v) is 6.85. The van der Waals surface area contributed by atoms with Crippen molar-refractivity contribution in [3.63, 3.8) is 0 Å². The Bertz CT molecular complexity index is 1220. The van der Waals surface area contributed by atoms with E-state index in [-0.39, 0.29) is 19.1 Å². The molecule has 2 atom stereocenters. The zero-order valence-corrected chi connectivity index (χ0v) is 19.7. The van der Waals surface area contributed by atoms with Crippen LogP contribution in [0.3, 0.4) is 0 Å². The maximum absolute atomic E-state index is 11.9. The molecule has 0 aliphatic carbocycles. The van der Waals surface area contributed by atoms with Gasteiger partial charge in [-0.05, 0) is 17.5 Å². The maximum Gasteiger partial charge on any atom is 0.242 e. The van der Waals surface area contributed by atoms with Crippen molar-refractivity contribution in [2.75, 3.05) is 32.6 Å². The number of fused-ring (bicyclic) bond motifs is 1. The Morgan fingerprint density at radius 3 is 2.64 bits per heavy atom. The lowest BCUT2D eigenvalue weighted by atomic mass is 9.97. The average molecular weight is 473 g/mol. The van der Waals surface area contributed by atoms with Gasteiger partial charge >= 0.3 is 0 Å². The monoisotopic (exact) mass is 472 g/mol. The van der Waals surface area contributed by atoms with Crippen molar-refractivity contribution in [2.24, 2.45) is 5.92 Å². The molecule has 0 bridgehead atoms. The summed E-state index contributed by atoms with van der Waals surface area (Å²) in [5.74, 6) is 0.424. The summed E-state index contributed by atoms with van der Waals surface area (Å²) in [7, 11) is -3.29. The lowest BCUT2D eigenvalue weighted by Gasteiger charge is -2.30. The number of pyridine rings is 1. The van der Waals surface area contributed by atoms with E-state index >= 15 is 0 Å². The van der Waals surface area contributed by atoms with Crippen LogP contribution < -0.4 is 4.74 Å². The third-order valence-electron chi connectivity index (χ3n) is 5.58. The minimum Gasteiger partial charge on any atom is -0.473 e. The van der Waals surface area contributed by atoms with Crippen molar-refractivity contribution in [3.8, 4) is 17.1 Å². The Morgan fingerprint density at radius 1 is 1.21 bits per heavy atom. The van der Waals surface area contributed by atoms with Gasteiger partial charge in [0.05, 0.1) is 30.2 Å². The number of nitrogens with zero attached hydrogens (tertiary/aromatic N) is 4. The van der Waals surface area contributed by atoms with E-state index in [4.69, 9.17) is 9.47 Å². The molecule has 2 aromatic heterocycles. The van der Waals surface area contributed by atoms with E-state index in [1.54, 1.807) is 12.4 Å². The summed E-state index contributed by atoms with van der Waals surface area (Å²) >= 11 is 0. The molecule has 1 unspecified atom stereocenters. The lowest BCUT2D eigenvalue weighted by molar-refractivity contribution is -0.0252. The number of aromatic nitrogens is 3. The topological polar surface area (TPSA) is 115 Å². The minimum atomic E-state index is -3.29. The van der Waals surface area contributed by atoms with E-state index in [2.05, 4.69) is 15.0 Å². The molecule has 3 heterocycles. The fourth-order valence-corrected chi connectivity index (χ4v) is 4.54. The zero-order chi connectivity index (χ0) is 23.6. The normalized spacial score (nSPS) is 18.5. The van der Waals surface area contributed by atoms with Crippen LogP contribution in [-0.4, -0.2) is 71.4 Å². The molecule has 1 aliphatic heterocycles. The van der Waals surface area contributed by atoms with Gasteiger partial charge in [-0.1, -0.05) is 38.1 Å². The summed E-state index contributed by atoms with van der Waals surface area (Å²) < 4.78 is 36.8. The van der Waals surface area contributed by atoms with Gasteiger partial charge in [0.2, 0.25) is 15.9 Å². The molecule has 1 N–H and O–H groups in total. The van der Waals surface area contributed by atoms with Crippen LogP contribution in [0, 0.1) is 5.92 Å². The number of aliphatic hydroxyl groups excluding tert-OH is 1. The van der Waals surface area contributed by atoms with Gasteiger partial charge in [0.15, 0.2) is 5.52 Å². The number of ether oxygens (including phenoxy) is 2. The van der Waals surface area contributed by atoms with Crippen molar-refractivity contribution in [3.05, 3.63) is 48.3 Å². The highest BCUT2D eigenvalue weighted by molar-refractivity contribution is 7.88. The predicted molar refractivity (Wildman–Crippen MR) is 124 cm³/mol. The number of sulfonamides is 1. The van der Waals surface area contributed by atoms with Crippen LogP contribution in [0.25, 0.3) is 22.3 Å². The quantitative estimate of drug-likeness (QED) is 0.558. The smallest absolute Gasteiger partial charge is 0.242 e. The summed E-state index contributed by atoms with van der Waals surface area (Å²) in [5, 5.41) is 10.3. The molecule has 10 heteroatoms. The van der Waals surface area contributed by atoms with Gasteiger partial charge in [-0.15, -0.1) is 0 Å². The van der Waals surface area contributed by atoms with E-state index in [9.17, 15) is 13.5 Å². The van der Waals surface area contributed by atoms with Crippen LogP contribution in [0.5, 0.6) is 5.88 Å². The SMILES string of the molecule is CC(C)C(O)c1ccc(-c2cc3nccnc3c(OC[C@@H]3CN(S(C)(=O)=O)CCO3)n2)cc1. The van der Waals surface area contributed by atoms with E-state index in [1.165, 1.54) is 10.6 Å². The number of hydrogen-bond acceptors (Lipinski definition) is 8. The molecule has 9 nitrogen and oxygen atoms in total. The van der Waals surface area contributed by atoms with Crippen LogP contribution in [-0.2, 0) is 14.8 Å². The van der Waals surface area contributed by atoms with Crippen molar-refractivity contribution in [2.45, 2.75) is 26.1 Å². The van der Waals surface area contributed by atoms with Crippen molar-refractivity contribution >= 4 is 21.1 Å². The molecule has 0 saturated carbocycles. The summed E-state index contributed by atoms with van der Waals surface area (Å²) in [6, 6.07) is 9.43. The van der Waals surface area contributed by atoms with Crippen molar-refractivity contribution in [1.82, 2.24) is 19.3 Å². The predicted octanol–water partition coefficient (Wildman–Crippen LogP) is 2.42. The van der Waals surface area contributed by atoms with E-state index in [0.717, 1.165) is 11.1 Å². The Labute approximate surface area is 193 Å². The fourth-order valence-electron chi connectivity index (χ4n) is 3.69. The van der Waals surface area contributed by atoms with Gasteiger partial charge in [-0.2, -0.15) is 4.31 Å². The van der Waals surface area contributed by atoms with Crippen molar-refractivity contribution < 1.29 is 23.0 Å². The molecule has 0 amide bonds. The van der Waals surface area contributed by atoms with Gasteiger partial charge in [-0.3, -0.25) is 4.98 Å². The second-order valence-electron chi connectivity index (χ2n) is 8.47. The summed E-state index contributed by atoms with van der Waals surface area (Å²) in [4.78, 5) is 13.4. The molecule has 33 heavy (non-hydrogen) atoms. The highest BCUT2D eigenvalue weighted by atomic mass is 32.2. The lowest BCUT2D eigenvalue weighted by Crippen LogP contribution is -2.47. The number of hydrogen-bond donors (Lipinski definition) is 1. The first kappa shape index (κ1) is 23.5. The van der Waals surface area contributed by atoms with Crippen LogP contribution in [0.15, 0.2) is 42.7 Å². The zero-order valence-electron chi connectivity index (χ0n) is 18.9. The van der Waals surface area contributed by atoms with Crippen LogP contribution >= 0.6 is 0 Å². The Balaban J connectivity index is 1.58. The molecule has 4 rings (SSSR count). The summed E-state index contributed by atoms with van der Waals surface area (Å²) in [6.07, 6.45) is 3.42. The second kappa shape index (κ2) is 9.68. The largest absolute Gasteiger partial charge is 0.473 e. The van der Waals surface area contributed by atoms with E-state index in [0.29, 0.717) is 35.8 Å². The molecule has 3 aromatic rings. The Morgan fingerprint density at radius 2 is 1.94 bits per heavy atom. The molecule has 0 spiro atoms. The first-order chi connectivity index (χ1) is 15.7. The number of morpholine rings is 1. The van der Waals surface area contributed by atoms with E-state index in [1.807, 2.05) is 44.2 Å². The molecular weight excluding hydrogens is 444 g/mol. The van der Waals surface area contributed by atoms with Crippen LogP contribution in [0.4, 0.5) is 0 Å². The summed E-state index contributed by atoms with van der Waals surface area (Å²) in [6.45, 7) is 4.94. The van der Waals surface area contributed by atoms with Crippen LogP contribution in [0.1, 0.15) is 25.5 Å². The summed E-state index contributed by atoms with van der Waals surface area (Å²) in [5.41, 5.74) is 3.50. The second-order valence-corrected chi connectivity index (χ2v) is 10.5. The molecular formula is C23H28N4O5S. The first-order valence-corrected chi connectivity index (χ1v) is 12.7. The highest BCUT2D eigenvalue weighted by Crippen LogP contribution is 2.29. The fraction of sp³-hybridized carbons (Fsp3) is 0.435. The number of rotatable bonds is 7. The third kappa shape index (κ3) is 5.47. The average Bonchev–Trinajstić information content (AvgIpc) is 2.81. The first-order valence-electron chi connectivity index (χ1n) is 10.8. The van der Waals surface area contributed by atoms with Gasteiger partial charge in [0.25, 0.3) is 0 Å². The van der Waals surface area contributed by atoms with Gasteiger partial charge in [-0.25, -0.2) is 18.4 Å². The minimum absolute atomic E-state index is 0.116. The molecule has 1 fully saturated rings. The van der Waals surface area contributed by atoms with E-state index < -0.39 is 22.2 Å². The number of benzene rings is 1. The Hall–Kier alpha value is -2.66. The van der Waals surface area contributed by atoms with Crippen molar-refractivity contribution in [1.29, 1.82) is 0 Å². The van der Waals surface area contributed by atoms with Gasteiger partial charge in [0.1, 0.15) is 12.7 Å².